The quantitative estimate of drug-likeness (QED) is 0.848. The van der Waals surface area contributed by atoms with Gasteiger partial charge in [0.2, 0.25) is 0 Å². The van der Waals surface area contributed by atoms with Crippen molar-refractivity contribution in [3.8, 4) is 11.5 Å². The van der Waals surface area contributed by atoms with Gasteiger partial charge in [0.05, 0.1) is 5.69 Å². The van der Waals surface area contributed by atoms with E-state index in [-0.39, 0.29) is 0 Å². The molecule has 1 aromatic carbocycles. The van der Waals surface area contributed by atoms with Gasteiger partial charge in [-0.2, -0.15) is 0 Å². The Morgan fingerprint density at radius 1 is 1.00 bits per heavy atom. The molecule has 112 valence electrons. The Morgan fingerprint density at radius 2 is 1.71 bits per heavy atom. The van der Waals surface area contributed by atoms with Crippen LogP contribution < -0.4 is 10.1 Å². The summed E-state index contributed by atoms with van der Waals surface area (Å²) in [4.78, 5) is 4.35. The lowest BCUT2D eigenvalue weighted by molar-refractivity contribution is 0.479. The maximum absolute atomic E-state index is 5.89. The van der Waals surface area contributed by atoms with Crippen LogP contribution in [0.3, 0.4) is 0 Å². The Hall–Kier alpha value is -1.87. The van der Waals surface area contributed by atoms with Crippen LogP contribution in [0.1, 0.15) is 44.9 Å². The Bertz CT molecular complexity index is 562. The van der Waals surface area contributed by atoms with Crippen LogP contribution in [0.4, 0.5) is 0 Å². The van der Waals surface area contributed by atoms with E-state index in [4.69, 9.17) is 4.74 Å². The maximum atomic E-state index is 5.89. The Labute approximate surface area is 127 Å². The average molecular weight is 284 g/mol. The Balaban J connectivity index is 2.03. The van der Waals surface area contributed by atoms with Gasteiger partial charge in [-0.05, 0) is 29.7 Å². The first-order chi connectivity index (χ1) is 10.0. The van der Waals surface area contributed by atoms with Crippen molar-refractivity contribution in [1.82, 2.24) is 10.3 Å². The van der Waals surface area contributed by atoms with Crippen molar-refractivity contribution < 1.29 is 4.74 Å². The van der Waals surface area contributed by atoms with Gasteiger partial charge in [-0.25, -0.2) is 0 Å². The highest BCUT2D eigenvalue weighted by Crippen LogP contribution is 2.24. The van der Waals surface area contributed by atoms with E-state index in [0.29, 0.717) is 12.0 Å². The van der Waals surface area contributed by atoms with Gasteiger partial charge in [-0.3, -0.25) is 4.98 Å². The summed E-state index contributed by atoms with van der Waals surface area (Å²) >= 11 is 0. The molecule has 2 aromatic rings. The van der Waals surface area contributed by atoms with Crippen LogP contribution in [0.25, 0.3) is 0 Å². The summed E-state index contributed by atoms with van der Waals surface area (Å²) in [5, 5.41) is 3.35. The third kappa shape index (κ3) is 4.87. The van der Waals surface area contributed by atoms with E-state index in [9.17, 15) is 0 Å². The number of benzene rings is 1. The third-order valence-electron chi connectivity index (χ3n) is 3.26. The summed E-state index contributed by atoms with van der Waals surface area (Å²) in [7, 11) is 0. The number of rotatable bonds is 6. The second-order valence-corrected chi connectivity index (χ2v) is 5.84. The van der Waals surface area contributed by atoms with Gasteiger partial charge in [0.25, 0.3) is 0 Å². The summed E-state index contributed by atoms with van der Waals surface area (Å²) < 4.78 is 5.89. The summed E-state index contributed by atoms with van der Waals surface area (Å²) in [6.07, 6.45) is 1.79. The van der Waals surface area contributed by atoms with Crippen molar-refractivity contribution in [2.75, 3.05) is 0 Å². The topological polar surface area (TPSA) is 34.1 Å². The fourth-order valence-corrected chi connectivity index (χ4v) is 1.98. The average Bonchev–Trinajstić information content (AvgIpc) is 2.46. The van der Waals surface area contributed by atoms with Gasteiger partial charge in [0.1, 0.15) is 11.5 Å². The predicted molar refractivity (Wildman–Crippen MR) is 86.8 cm³/mol. The molecule has 0 aliphatic rings. The number of hydrogen-bond donors (Lipinski definition) is 1. The Morgan fingerprint density at radius 3 is 2.33 bits per heavy atom. The van der Waals surface area contributed by atoms with Gasteiger partial charge in [0, 0.05) is 24.8 Å². The number of hydrogen-bond acceptors (Lipinski definition) is 3. The minimum atomic E-state index is 0.444. The summed E-state index contributed by atoms with van der Waals surface area (Å²) in [6, 6.07) is 12.6. The van der Waals surface area contributed by atoms with E-state index < -0.39 is 0 Å². The monoisotopic (exact) mass is 284 g/mol. The zero-order valence-corrected chi connectivity index (χ0v) is 13.3. The van der Waals surface area contributed by atoms with Gasteiger partial charge < -0.3 is 10.1 Å². The van der Waals surface area contributed by atoms with Crippen LogP contribution in [0.2, 0.25) is 0 Å². The Kier molecular flexibility index (Phi) is 5.34. The van der Waals surface area contributed by atoms with E-state index in [1.165, 1.54) is 5.56 Å². The lowest BCUT2D eigenvalue weighted by Crippen LogP contribution is -2.22. The highest BCUT2D eigenvalue weighted by Gasteiger charge is 2.03. The SMILES string of the molecule is CC(C)NCc1cc(Oc2ccc(C(C)C)cc2)ccn1. The minimum Gasteiger partial charge on any atom is -0.457 e. The van der Waals surface area contributed by atoms with Crippen molar-refractivity contribution in [3.63, 3.8) is 0 Å². The van der Waals surface area contributed by atoms with Crippen molar-refractivity contribution in [1.29, 1.82) is 0 Å². The van der Waals surface area contributed by atoms with Gasteiger partial charge in [-0.1, -0.05) is 39.8 Å². The molecule has 1 heterocycles. The summed E-state index contributed by atoms with van der Waals surface area (Å²) in [6.45, 7) is 9.37. The highest BCUT2D eigenvalue weighted by atomic mass is 16.5. The molecule has 0 aliphatic carbocycles. The fraction of sp³-hybridized carbons (Fsp3) is 0.389. The minimum absolute atomic E-state index is 0.444. The molecule has 0 atom stereocenters. The van der Waals surface area contributed by atoms with Crippen LogP contribution >= 0.6 is 0 Å². The molecular formula is C18H24N2O. The second-order valence-electron chi connectivity index (χ2n) is 5.84. The van der Waals surface area contributed by atoms with Crippen molar-refractivity contribution in [2.45, 2.75) is 46.2 Å². The lowest BCUT2D eigenvalue weighted by atomic mass is 10.0. The van der Waals surface area contributed by atoms with Gasteiger partial charge in [0.15, 0.2) is 0 Å². The predicted octanol–water partition coefficient (Wildman–Crippen LogP) is 4.50. The molecule has 0 fully saturated rings. The van der Waals surface area contributed by atoms with Crippen LogP contribution in [0.15, 0.2) is 42.6 Å². The van der Waals surface area contributed by atoms with E-state index in [0.717, 1.165) is 23.7 Å². The van der Waals surface area contributed by atoms with Crippen LogP contribution in [-0.2, 0) is 6.54 Å². The molecule has 1 aromatic heterocycles. The molecule has 21 heavy (non-hydrogen) atoms. The molecule has 0 amide bonds. The van der Waals surface area contributed by atoms with Crippen molar-refractivity contribution >= 4 is 0 Å². The molecule has 0 saturated carbocycles. The molecule has 0 spiro atoms. The zero-order chi connectivity index (χ0) is 15.2. The number of pyridine rings is 1. The summed E-state index contributed by atoms with van der Waals surface area (Å²) in [5.74, 6) is 2.21. The van der Waals surface area contributed by atoms with Crippen LogP contribution in [0, 0.1) is 0 Å². The van der Waals surface area contributed by atoms with Gasteiger partial charge >= 0.3 is 0 Å². The molecule has 0 saturated heterocycles. The normalized spacial score (nSPS) is 11.1. The molecule has 3 heteroatoms. The first-order valence-corrected chi connectivity index (χ1v) is 7.50. The molecular weight excluding hydrogens is 260 g/mol. The van der Waals surface area contributed by atoms with Crippen LogP contribution in [0.5, 0.6) is 11.5 Å². The molecule has 3 nitrogen and oxygen atoms in total. The first kappa shape index (κ1) is 15.5. The maximum Gasteiger partial charge on any atom is 0.130 e. The van der Waals surface area contributed by atoms with Crippen molar-refractivity contribution in [2.24, 2.45) is 0 Å². The smallest absolute Gasteiger partial charge is 0.130 e. The lowest BCUT2D eigenvalue weighted by Gasteiger charge is -2.10. The molecule has 0 bridgehead atoms. The molecule has 0 unspecified atom stereocenters. The molecule has 2 rings (SSSR count). The third-order valence-corrected chi connectivity index (χ3v) is 3.26. The number of aromatic nitrogens is 1. The number of nitrogens with zero attached hydrogens (tertiary/aromatic N) is 1. The fourth-order valence-electron chi connectivity index (χ4n) is 1.98. The van der Waals surface area contributed by atoms with E-state index >= 15 is 0 Å². The van der Waals surface area contributed by atoms with E-state index in [1.54, 1.807) is 6.20 Å². The van der Waals surface area contributed by atoms with Crippen molar-refractivity contribution in [3.05, 3.63) is 53.9 Å². The molecule has 0 aliphatic heterocycles. The number of nitrogens with one attached hydrogen (secondary N) is 1. The highest BCUT2D eigenvalue weighted by molar-refractivity contribution is 5.34. The molecule has 1 N–H and O–H groups in total. The summed E-state index contributed by atoms with van der Waals surface area (Å²) in [5.41, 5.74) is 2.30. The second kappa shape index (κ2) is 7.23. The van der Waals surface area contributed by atoms with E-state index in [2.05, 4.69) is 50.1 Å². The van der Waals surface area contributed by atoms with Crippen LogP contribution in [-0.4, -0.2) is 11.0 Å². The van der Waals surface area contributed by atoms with Gasteiger partial charge in [-0.15, -0.1) is 0 Å². The standard InChI is InChI=1S/C18H24N2O/c1-13(2)15-5-7-17(8-6-15)21-18-9-10-19-16(11-18)12-20-14(3)4/h5-11,13-14,20H,12H2,1-4H3. The zero-order valence-electron chi connectivity index (χ0n) is 13.3. The van der Waals surface area contributed by atoms with E-state index in [1.807, 2.05) is 24.3 Å². The molecule has 0 radical (unpaired) electrons. The number of ether oxygens (including phenoxy) is 1. The largest absolute Gasteiger partial charge is 0.457 e. The first-order valence-electron chi connectivity index (χ1n) is 7.50.